The van der Waals surface area contributed by atoms with Crippen LogP contribution in [0.5, 0.6) is 11.5 Å². The summed E-state index contributed by atoms with van der Waals surface area (Å²) in [5.41, 5.74) is 6.61. The Bertz CT molecular complexity index is 421. The number of benzene rings is 1. The predicted octanol–water partition coefficient (Wildman–Crippen LogP) is 2.35. The van der Waals surface area contributed by atoms with Crippen LogP contribution in [0, 0.1) is 5.92 Å². The third-order valence-electron chi connectivity index (χ3n) is 3.95. The van der Waals surface area contributed by atoms with Crippen molar-refractivity contribution in [2.75, 3.05) is 26.2 Å². The lowest BCUT2D eigenvalue weighted by atomic mass is 9.94. The highest BCUT2D eigenvalue weighted by molar-refractivity contribution is 5.45. The summed E-state index contributed by atoms with van der Waals surface area (Å²) in [5.74, 6) is 1.57. The van der Waals surface area contributed by atoms with E-state index in [1.807, 2.05) is 25.1 Å². The van der Waals surface area contributed by atoms with Crippen molar-refractivity contribution in [1.29, 1.82) is 0 Å². The lowest BCUT2D eigenvalue weighted by Crippen LogP contribution is -2.35. The van der Waals surface area contributed by atoms with Crippen LogP contribution in [-0.2, 0) is 6.54 Å². The third kappa shape index (κ3) is 3.87. The maximum absolute atomic E-state index is 10.2. The van der Waals surface area contributed by atoms with Gasteiger partial charge in [0.15, 0.2) is 11.5 Å². The Kier molecular flexibility index (Phi) is 5.68. The molecule has 20 heavy (non-hydrogen) atoms. The lowest BCUT2D eigenvalue weighted by Gasteiger charge is -2.32. The molecule has 1 unspecified atom stereocenters. The van der Waals surface area contributed by atoms with Crippen LogP contribution in [0.1, 0.15) is 31.7 Å². The Morgan fingerprint density at radius 3 is 3.05 bits per heavy atom. The second-order valence-corrected chi connectivity index (χ2v) is 5.52. The Labute approximate surface area is 121 Å². The second-order valence-electron chi connectivity index (χ2n) is 5.52. The minimum Gasteiger partial charge on any atom is -0.504 e. The van der Waals surface area contributed by atoms with Crippen molar-refractivity contribution < 1.29 is 9.84 Å². The Balaban J connectivity index is 2.00. The number of nitrogens with zero attached hydrogens (tertiary/aromatic N) is 1. The molecule has 4 nitrogen and oxygen atoms in total. The molecule has 0 aliphatic carbocycles. The molecule has 2 rings (SSSR count). The van der Waals surface area contributed by atoms with Crippen molar-refractivity contribution >= 4 is 0 Å². The number of hydrogen-bond acceptors (Lipinski definition) is 4. The summed E-state index contributed by atoms with van der Waals surface area (Å²) in [5, 5.41) is 10.2. The summed E-state index contributed by atoms with van der Waals surface area (Å²) < 4.78 is 5.44. The van der Waals surface area contributed by atoms with Crippen molar-refractivity contribution in [3.05, 3.63) is 23.8 Å². The maximum Gasteiger partial charge on any atom is 0.162 e. The third-order valence-corrected chi connectivity index (χ3v) is 3.95. The fourth-order valence-electron chi connectivity index (χ4n) is 2.97. The van der Waals surface area contributed by atoms with E-state index in [2.05, 4.69) is 4.90 Å². The maximum atomic E-state index is 10.2. The van der Waals surface area contributed by atoms with Gasteiger partial charge in [0, 0.05) is 18.7 Å². The van der Waals surface area contributed by atoms with Gasteiger partial charge in [-0.2, -0.15) is 0 Å². The van der Waals surface area contributed by atoms with Crippen LogP contribution in [0.25, 0.3) is 0 Å². The number of para-hydroxylation sites is 1. The number of ether oxygens (including phenoxy) is 1. The van der Waals surface area contributed by atoms with Gasteiger partial charge in [0.25, 0.3) is 0 Å². The summed E-state index contributed by atoms with van der Waals surface area (Å²) in [6.07, 6.45) is 3.59. The van der Waals surface area contributed by atoms with Crippen LogP contribution in [0.3, 0.4) is 0 Å². The molecule has 0 saturated carbocycles. The van der Waals surface area contributed by atoms with Gasteiger partial charge in [0.1, 0.15) is 0 Å². The fraction of sp³-hybridized carbons (Fsp3) is 0.625. The van der Waals surface area contributed by atoms with Crippen LogP contribution in [-0.4, -0.2) is 36.2 Å². The summed E-state index contributed by atoms with van der Waals surface area (Å²) in [7, 11) is 0. The molecule has 1 atom stereocenters. The van der Waals surface area contributed by atoms with Gasteiger partial charge in [-0.1, -0.05) is 12.1 Å². The van der Waals surface area contributed by atoms with Crippen LogP contribution < -0.4 is 10.5 Å². The first-order valence-corrected chi connectivity index (χ1v) is 7.60. The Hall–Kier alpha value is -1.26. The molecule has 1 fully saturated rings. The number of aromatic hydroxyl groups is 1. The molecule has 0 aromatic heterocycles. The first-order chi connectivity index (χ1) is 9.74. The number of piperidine rings is 1. The molecule has 0 spiro atoms. The zero-order chi connectivity index (χ0) is 14.4. The molecule has 0 bridgehead atoms. The summed E-state index contributed by atoms with van der Waals surface area (Å²) in [4.78, 5) is 2.41. The quantitative estimate of drug-likeness (QED) is 0.838. The number of nitrogens with two attached hydrogens (primary N) is 1. The fourth-order valence-corrected chi connectivity index (χ4v) is 2.97. The molecule has 4 heteroatoms. The largest absolute Gasteiger partial charge is 0.504 e. The summed E-state index contributed by atoms with van der Waals surface area (Å²) in [6, 6.07) is 5.74. The standard InChI is InChI=1S/C16H26N2O2/c1-2-20-15-7-3-6-14(16(15)19)12-18-10-4-5-13(11-18)8-9-17/h3,6-7,13,19H,2,4-5,8-12,17H2,1H3. The first-order valence-electron chi connectivity index (χ1n) is 7.60. The molecular weight excluding hydrogens is 252 g/mol. The number of rotatable bonds is 6. The highest BCUT2D eigenvalue weighted by atomic mass is 16.5. The van der Waals surface area contributed by atoms with Gasteiger partial charge in [0.05, 0.1) is 6.61 Å². The van der Waals surface area contributed by atoms with Gasteiger partial charge in [-0.25, -0.2) is 0 Å². The SMILES string of the molecule is CCOc1cccc(CN2CCCC(CCN)C2)c1O. The van der Waals surface area contributed by atoms with E-state index in [-0.39, 0.29) is 5.75 Å². The minimum atomic E-state index is 0.287. The van der Waals surface area contributed by atoms with Crippen molar-refractivity contribution in [2.24, 2.45) is 11.7 Å². The smallest absolute Gasteiger partial charge is 0.162 e. The van der Waals surface area contributed by atoms with E-state index in [9.17, 15) is 5.11 Å². The Morgan fingerprint density at radius 2 is 2.30 bits per heavy atom. The molecule has 3 N–H and O–H groups in total. The topological polar surface area (TPSA) is 58.7 Å². The summed E-state index contributed by atoms with van der Waals surface area (Å²) in [6.45, 7) is 6.22. The van der Waals surface area contributed by atoms with E-state index in [1.54, 1.807) is 0 Å². The zero-order valence-corrected chi connectivity index (χ0v) is 12.3. The van der Waals surface area contributed by atoms with E-state index < -0.39 is 0 Å². The number of phenolic OH excluding ortho intramolecular Hbond substituents is 1. The van der Waals surface area contributed by atoms with Gasteiger partial charge in [0.2, 0.25) is 0 Å². The number of hydrogen-bond donors (Lipinski definition) is 2. The van der Waals surface area contributed by atoms with E-state index in [0.29, 0.717) is 18.3 Å². The van der Waals surface area contributed by atoms with E-state index in [1.165, 1.54) is 12.8 Å². The van der Waals surface area contributed by atoms with Gasteiger partial charge in [-0.05, 0) is 51.3 Å². The van der Waals surface area contributed by atoms with Crippen LogP contribution in [0.15, 0.2) is 18.2 Å². The first kappa shape index (κ1) is 15.1. The van der Waals surface area contributed by atoms with Crippen LogP contribution >= 0.6 is 0 Å². The number of likely N-dealkylation sites (tertiary alicyclic amines) is 1. The molecule has 112 valence electrons. The molecular formula is C16H26N2O2. The van der Waals surface area contributed by atoms with Crippen molar-refractivity contribution in [3.63, 3.8) is 0 Å². The average Bonchev–Trinajstić information content (AvgIpc) is 2.44. The van der Waals surface area contributed by atoms with Crippen molar-refractivity contribution in [2.45, 2.75) is 32.7 Å². The van der Waals surface area contributed by atoms with E-state index >= 15 is 0 Å². The second kappa shape index (κ2) is 7.50. The van der Waals surface area contributed by atoms with Crippen LogP contribution in [0.4, 0.5) is 0 Å². The highest BCUT2D eigenvalue weighted by Gasteiger charge is 2.20. The molecule has 1 aliphatic heterocycles. The number of phenols is 1. The molecule has 1 aromatic carbocycles. The van der Waals surface area contributed by atoms with Gasteiger partial charge in [-0.3, -0.25) is 4.90 Å². The predicted molar refractivity (Wildman–Crippen MR) is 80.9 cm³/mol. The Morgan fingerprint density at radius 1 is 1.45 bits per heavy atom. The minimum absolute atomic E-state index is 0.287. The van der Waals surface area contributed by atoms with Crippen molar-refractivity contribution in [1.82, 2.24) is 4.90 Å². The van der Waals surface area contributed by atoms with Gasteiger partial charge >= 0.3 is 0 Å². The lowest BCUT2D eigenvalue weighted by molar-refractivity contribution is 0.161. The summed E-state index contributed by atoms with van der Waals surface area (Å²) >= 11 is 0. The van der Waals surface area contributed by atoms with E-state index in [0.717, 1.165) is 38.2 Å². The van der Waals surface area contributed by atoms with Crippen molar-refractivity contribution in [3.8, 4) is 11.5 Å². The molecule has 1 aliphatic rings. The van der Waals surface area contributed by atoms with Gasteiger partial charge in [-0.15, -0.1) is 0 Å². The normalized spacial score (nSPS) is 20.0. The molecule has 1 aromatic rings. The zero-order valence-electron chi connectivity index (χ0n) is 12.3. The highest BCUT2D eigenvalue weighted by Crippen LogP contribution is 2.31. The monoisotopic (exact) mass is 278 g/mol. The van der Waals surface area contributed by atoms with E-state index in [4.69, 9.17) is 10.5 Å². The molecule has 0 amide bonds. The molecule has 0 radical (unpaired) electrons. The average molecular weight is 278 g/mol. The molecule has 1 heterocycles. The van der Waals surface area contributed by atoms with Crippen LogP contribution in [0.2, 0.25) is 0 Å². The van der Waals surface area contributed by atoms with Gasteiger partial charge < -0.3 is 15.6 Å². The molecule has 1 saturated heterocycles.